The van der Waals surface area contributed by atoms with Crippen LogP contribution in [0.3, 0.4) is 0 Å². The standard InChI is InChI=1S/C22H20N4O2.H2/c1-3-13-26(15(2)16-7-5-4-6-8-16)22(27)19-10-9-18(28-19)20-17-11-12-23-21(17)25-14-24-20;/h3-12,14-15H,1,13H2,2H3,(H,23,24,25);1H/t15-;/m0./s1. The summed E-state index contributed by atoms with van der Waals surface area (Å²) in [5.74, 6) is 0.602. The van der Waals surface area contributed by atoms with Gasteiger partial charge in [-0.15, -0.1) is 6.58 Å². The van der Waals surface area contributed by atoms with Crippen LogP contribution in [0.4, 0.5) is 0 Å². The van der Waals surface area contributed by atoms with E-state index in [2.05, 4.69) is 21.5 Å². The molecule has 4 rings (SSSR count). The fourth-order valence-corrected chi connectivity index (χ4v) is 3.26. The van der Waals surface area contributed by atoms with Gasteiger partial charge in [-0.2, -0.15) is 0 Å². The van der Waals surface area contributed by atoms with Gasteiger partial charge in [-0.05, 0) is 30.7 Å². The van der Waals surface area contributed by atoms with Gasteiger partial charge in [0.05, 0.1) is 6.04 Å². The molecular formula is C22H22N4O2. The number of nitrogens with zero attached hydrogens (tertiary/aromatic N) is 3. The zero-order valence-corrected chi connectivity index (χ0v) is 15.5. The first-order valence-corrected chi connectivity index (χ1v) is 9.04. The van der Waals surface area contributed by atoms with Crippen molar-refractivity contribution in [2.75, 3.05) is 6.54 Å². The van der Waals surface area contributed by atoms with E-state index in [0.717, 1.165) is 16.6 Å². The molecule has 6 heteroatoms. The van der Waals surface area contributed by atoms with E-state index in [4.69, 9.17) is 4.42 Å². The van der Waals surface area contributed by atoms with Gasteiger partial charge in [0, 0.05) is 19.6 Å². The lowest BCUT2D eigenvalue weighted by Crippen LogP contribution is -2.33. The van der Waals surface area contributed by atoms with E-state index in [9.17, 15) is 4.79 Å². The fraction of sp³-hybridized carbons (Fsp3) is 0.136. The quantitative estimate of drug-likeness (QED) is 0.489. The van der Waals surface area contributed by atoms with E-state index in [1.54, 1.807) is 29.3 Å². The minimum Gasteiger partial charge on any atom is -0.449 e. The zero-order chi connectivity index (χ0) is 19.5. The van der Waals surface area contributed by atoms with Crippen LogP contribution >= 0.6 is 0 Å². The second-order valence-electron chi connectivity index (χ2n) is 6.46. The topological polar surface area (TPSA) is 75.0 Å². The molecule has 0 bridgehead atoms. The summed E-state index contributed by atoms with van der Waals surface area (Å²) in [5, 5.41) is 0.844. The number of aromatic nitrogens is 3. The number of carbonyl (C=O) groups excluding carboxylic acids is 1. The van der Waals surface area contributed by atoms with E-state index < -0.39 is 0 Å². The molecule has 28 heavy (non-hydrogen) atoms. The summed E-state index contributed by atoms with van der Waals surface area (Å²) in [4.78, 5) is 26.4. The van der Waals surface area contributed by atoms with Crippen LogP contribution in [0.1, 0.15) is 30.5 Å². The highest BCUT2D eigenvalue weighted by molar-refractivity contribution is 5.94. The first-order valence-electron chi connectivity index (χ1n) is 9.04. The normalized spacial score (nSPS) is 12.0. The number of furan rings is 1. The second kappa shape index (κ2) is 7.52. The predicted molar refractivity (Wildman–Crippen MR) is 110 cm³/mol. The van der Waals surface area contributed by atoms with E-state index in [-0.39, 0.29) is 19.1 Å². The number of carbonyl (C=O) groups is 1. The lowest BCUT2D eigenvalue weighted by Gasteiger charge is -2.27. The van der Waals surface area contributed by atoms with E-state index in [0.29, 0.717) is 18.0 Å². The highest BCUT2D eigenvalue weighted by atomic mass is 16.4. The third kappa shape index (κ3) is 3.20. The summed E-state index contributed by atoms with van der Waals surface area (Å²) in [6.45, 7) is 6.20. The van der Waals surface area contributed by atoms with Crippen LogP contribution in [-0.2, 0) is 0 Å². The van der Waals surface area contributed by atoms with Crippen LogP contribution in [0.5, 0.6) is 0 Å². The van der Waals surface area contributed by atoms with E-state index in [1.165, 1.54) is 6.33 Å². The number of H-pyrrole nitrogens is 1. The number of hydrogen-bond donors (Lipinski definition) is 1. The van der Waals surface area contributed by atoms with Crippen molar-refractivity contribution in [1.29, 1.82) is 0 Å². The maximum Gasteiger partial charge on any atom is 0.290 e. The van der Waals surface area contributed by atoms with Crippen molar-refractivity contribution in [3.63, 3.8) is 0 Å². The largest absolute Gasteiger partial charge is 0.449 e. The fourth-order valence-electron chi connectivity index (χ4n) is 3.26. The van der Waals surface area contributed by atoms with Crippen molar-refractivity contribution in [3.05, 3.63) is 85.0 Å². The molecule has 3 aromatic heterocycles. The molecule has 4 aromatic rings. The average molecular weight is 374 g/mol. The molecule has 0 aliphatic heterocycles. The Hall–Kier alpha value is -3.67. The lowest BCUT2D eigenvalue weighted by atomic mass is 10.1. The molecule has 1 aromatic carbocycles. The van der Waals surface area contributed by atoms with Crippen LogP contribution in [0.25, 0.3) is 22.5 Å². The van der Waals surface area contributed by atoms with Gasteiger partial charge in [-0.3, -0.25) is 4.79 Å². The maximum atomic E-state index is 13.2. The zero-order valence-electron chi connectivity index (χ0n) is 15.5. The number of aromatic amines is 1. The van der Waals surface area contributed by atoms with Crippen LogP contribution in [0.15, 0.2) is 78.1 Å². The van der Waals surface area contributed by atoms with Gasteiger partial charge >= 0.3 is 0 Å². The SMILES string of the molecule is C=CCN(C(=O)c1ccc(-c2ncnc3[nH]ccc23)o1)[C@@H](C)c1ccccc1.[HH]. The van der Waals surface area contributed by atoms with E-state index in [1.807, 2.05) is 43.3 Å². The Morgan fingerprint density at radius 1 is 1.25 bits per heavy atom. The summed E-state index contributed by atoms with van der Waals surface area (Å²) in [7, 11) is 0. The number of rotatable bonds is 6. The van der Waals surface area contributed by atoms with Crippen molar-refractivity contribution in [2.45, 2.75) is 13.0 Å². The van der Waals surface area contributed by atoms with Crippen LogP contribution in [0.2, 0.25) is 0 Å². The van der Waals surface area contributed by atoms with E-state index >= 15 is 0 Å². The Morgan fingerprint density at radius 3 is 2.86 bits per heavy atom. The molecule has 0 aliphatic rings. The minimum absolute atomic E-state index is 0. The minimum atomic E-state index is -0.193. The average Bonchev–Trinajstić information content (AvgIpc) is 3.41. The lowest BCUT2D eigenvalue weighted by molar-refractivity contribution is 0.0683. The Balaban J connectivity index is 0.00000240. The number of fused-ring (bicyclic) bond motifs is 1. The maximum absolute atomic E-state index is 13.2. The molecule has 0 saturated carbocycles. The molecule has 0 saturated heterocycles. The van der Waals surface area contributed by atoms with Gasteiger partial charge in [-0.1, -0.05) is 36.4 Å². The Bertz CT molecular complexity index is 1120. The van der Waals surface area contributed by atoms with Gasteiger partial charge in [0.15, 0.2) is 11.5 Å². The smallest absolute Gasteiger partial charge is 0.290 e. The third-order valence-corrected chi connectivity index (χ3v) is 4.74. The second-order valence-corrected chi connectivity index (χ2v) is 6.46. The van der Waals surface area contributed by atoms with Crippen molar-refractivity contribution in [1.82, 2.24) is 19.9 Å². The first kappa shape index (κ1) is 17.7. The van der Waals surface area contributed by atoms with Crippen molar-refractivity contribution < 1.29 is 10.6 Å². The Morgan fingerprint density at radius 2 is 2.07 bits per heavy atom. The highest BCUT2D eigenvalue weighted by Gasteiger charge is 2.25. The van der Waals surface area contributed by atoms with Crippen molar-refractivity contribution in [3.8, 4) is 11.5 Å². The molecule has 6 nitrogen and oxygen atoms in total. The highest BCUT2D eigenvalue weighted by Crippen LogP contribution is 2.28. The number of amides is 1. The summed E-state index contributed by atoms with van der Waals surface area (Å²) >= 11 is 0. The van der Waals surface area contributed by atoms with Gasteiger partial charge in [0.25, 0.3) is 5.91 Å². The van der Waals surface area contributed by atoms with Crippen LogP contribution in [0, 0.1) is 0 Å². The molecule has 1 amide bonds. The molecule has 1 atom stereocenters. The van der Waals surface area contributed by atoms with Gasteiger partial charge in [0.2, 0.25) is 0 Å². The molecular weight excluding hydrogens is 352 g/mol. The van der Waals surface area contributed by atoms with Gasteiger partial charge in [0.1, 0.15) is 17.7 Å². The van der Waals surface area contributed by atoms with Crippen LogP contribution in [-0.4, -0.2) is 32.3 Å². The Kier molecular flexibility index (Phi) is 4.76. The monoisotopic (exact) mass is 374 g/mol. The molecule has 0 unspecified atom stereocenters. The molecule has 3 heterocycles. The summed E-state index contributed by atoms with van der Waals surface area (Å²) in [5.41, 5.74) is 2.42. The number of benzene rings is 1. The third-order valence-electron chi connectivity index (χ3n) is 4.74. The molecule has 0 aliphatic carbocycles. The van der Waals surface area contributed by atoms with Gasteiger partial charge < -0.3 is 14.3 Å². The number of hydrogen-bond acceptors (Lipinski definition) is 4. The summed E-state index contributed by atoms with van der Waals surface area (Å²) in [6.07, 6.45) is 4.99. The summed E-state index contributed by atoms with van der Waals surface area (Å²) in [6, 6.07) is 15.1. The summed E-state index contributed by atoms with van der Waals surface area (Å²) < 4.78 is 5.89. The first-order chi connectivity index (χ1) is 13.7. The van der Waals surface area contributed by atoms with Gasteiger partial charge in [-0.25, -0.2) is 9.97 Å². The molecule has 142 valence electrons. The molecule has 1 N–H and O–H groups in total. The molecule has 0 spiro atoms. The predicted octanol–water partition coefficient (Wildman–Crippen LogP) is 4.85. The molecule has 0 radical (unpaired) electrons. The van der Waals surface area contributed by atoms with Crippen molar-refractivity contribution >= 4 is 16.9 Å². The number of nitrogens with one attached hydrogen (secondary N) is 1. The van der Waals surface area contributed by atoms with Crippen molar-refractivity contribution in [2.24, 2.45) is 0 Å². The molecule has 0 fully saturated rings. The Labute approximate surface area is 164 Å². The van der Waals surface area contributed by atoms with Crippen LogP contribution < -0.4 is 0 Å².